The summed E-state index contributed by atoms with van der Waals surface area (Å²) >= 11 is 0. The van der Waals surface area contributed by atoms with E-state index in [0.29, 0.717) is 13.2 Å². The Kier molecular flexibility index (Phi) is 6.19. The average molecular weight is 435 g/mol. The topological polar surface area (TPSA) is 66.0 Å². The molecular weight excluding hydrogens is 404 g/mol. The first-order valence-corrected chi connectivity index (χ1v) is 11.7. The number of hydrogen-bond donors (Lipinski definition) is 0. The number of benzene rings is 1. The lowest BCUT2D eigenvalue weighted by atomic mass is 10.1. The van der Waals surface area contributed by atoms with Crippen molar-refractivity contribution in [3.63, 3.8) is 0 Å². The molecular formula is C25H30N4O3. The summed E-state index contributed by atoms with van der Waals surface area (Å²) in [6.07, 6.45) is 5.10. The number of pyridine rings is 1. The highest BCUT2D eigenvalue weighted by atomic mass is 16.5. The number of piperidine rings is 1. The molecule has 2 aromatic rings. The predicted molar refractivity (Wildman–Crippen MR) is 120 cm³/mol. The van der Waals surface area contributed by atoms with Crippen molar-refractivity contribution >= 4 is 11.9 Å². The molecule has 0 saturated carbocycles. The van der Waals surface area contributed by atoms with Gasteiger partial charge in [-0.15, -0.1) is 0 Å². The average Bonchev–Trinajstić information content (AvgIpc) is 3.43. The molecule has 1 unspecified atom stereocenters. The summed E-state index contributed by atoms with van der Waals surface area (Å²) in [4.78, 5) is 35.3. The fraction of sp³-hybridized carbons (Fsp3) is 0.480. The summed E-state index contributed by atoms with van der Waals surface area (Å²) in [5.74, 6) is -0.173. The number of urea groups is 1. The van der Waals surface area contributed by atoms with Gasteiger partial charge in [-0.05, 0) is 56.5 Å². The molecule has 0 spiro atoms. The van der Waals surface area contributed by atoms with Crippen molar-refractivity contribution in [1.82, 2.24) is 19.7 Å². The third-order valence-electron chi connectivity index (χ3n) is 6.53. The number of likely N-dealkylation sites (tertiary alicyclic amines) is 1. The standard InChI is InChI=1S/C25H30N4O3/c30-23-18-28(25(31)29(23)24-8-5-15-32-24)16-19-9-11-20(12-10-19)22-7-4-6-21(26-22)17-27-13-2-1-3-14-27/h4,6-7,9-12,24H,1-3,5,8,13-18H2. The summed E-state index contributed by atoms with van der Waals surface area (Å²) in [6.45, 7) is 4.34. The molecule has 0 aliphatic carbocycles. The van der Waals surface area contributed by atoms with Crippen LogP contribution in [0, 0.1) is 0 Å². The maximum absolute atomic E-state index is 12.7. The van der Waals surface area contributed by atoms with Crippen LogP contribution < -0.4 is 0 Å². The fourth-order valence-electron chi connectivity index (χ4n) is 4.81. The van der Waals surface area contributed by atoms with Crippen molar-refractivity contribution in [2.24, 2.45) is 0 Å². The van der Waals surface area contributed by atoms with Gasteiger partial charge in [-0.1, -0.05) is 36.8 Å². The molecule has 5 rings (SSSR count). The number of aromatic nitrogens is 1. The van der Waals surface area contributed by atoms with Crippen molar-refractivity contribution in [3.05, 3.63) is 53.7 Å². The number of rotatable bonds is 6. The summed E-state index contributed by atoms with van der Waals surface area (Å²) < 4.78 is 5.55. The molecule has 0 radical (unpaired) electrons. The van der Waals surface area contributed by atoms with Gasteiger partial charge in [0.2, 0.25) is 0 Å². The van der Waals surface area contributed by atoms with E-state index in [4.69, 9.17) is 9.72 Å². The minimum Gasteiger partial charge on any atom is -0.358 e. The number of ether oxygens (including phenoxy) is 1. The largest absolute Gasteiger partial charge is 0.358 e. The Balaban J connectivity index is 1.23. The maximum atomic E-state index is 12.7. The van der Waals surface area contributed by atoms with E-state index in [2.05, 4.69) is 17.0 Å². The van der Waals surface area contributed by atoms with E-state index in [-0.39, 0.29) is 18.5 Å². The van der Waals surface area contributed by atoms with Crippen LogP contribution in [0.25, 0.3) is 11.3 Å². The van der Waals surface area contributed by atoms with Gasteiger partial charge in [0.25, 0.3) is 5.91 Å². The molecule has 3 aliphatic heterocycles. The van der Waals surface area contributed by atoms with E-state index in [1.54, 1.807) is 4.90 Å². The van der Waals surface area contributed by atoms with Gasteiger partial charge in [-0.2, -0.15) is 0 Å². The molecule has 7 nitrogen and oxygen atoms in total. The van der Waals surface area contributed by atoms with Crippen LogP contribution in [0.3, 0.4) is 0 Å². The van der Waals surface area contributed by atoms with E-state index in [9.17, 15) is 9.59 Å². The van der Waals surface area contributed by atoms with Gasteiger partial charge in [0, 0.05) is 25.3 Å². The highest BCUT2D eigenvalue weighted by molar-refractivity contribution is 6.02. The number of imide groups is 1. The Bertz CT molecular complexity index is 965. The number of amides is 3. The van der Waals surface area contributed by atoms with Crippen molar-refractivity contribution in [2.45, 2.75) is 51.4 Å². The molecule has 3 fully saturated rings. The van der Waals surface area contributed by atoms with Crippen molar-refractivity contribution in [3.8, 4) is 11.3 Å². The third kappa shape index (κ3) is 4.54. The van der Waals surface area contributed by atoms with Gasteiger partial charge in [0.1, 0.15) is 12.8 Å². The first-order valence-electron chi connectivity index (χ1n) is 11.7. The maximum Gasteiger partial charge on any atom is 0.329 e. The highest BCUT2D eigenvalue weighted by Crippen LogP contribution is 2.25. The molecule has 1 aromatic carbocycles. The molecule has 1 atom stereocenters. The smallest absolute Gasteiger partial charge is 0.329 e. The Labute approximate surface area is 189 Å². The number of hydrogen-bond acceptors (Lipinski definition) is 5. The number of carbonyl (C=O) groups is 2. The zero-order chi connectivity index (χ0) is 21.9. The zero-order valence-electron chi connectivity index (χ0n) is 18.4. The van der Waals surface area contributed by atoms with E-state index in [1.165, 1.54) is 24.2 Å². The van der Waals surface area contributed by atoms with Crippen LogP contribution in [0.2, 0.25) is 0 Å². The molecule has 3 aliphatic rings. The second kappa shape index (κ2) is 9.38. The molecule has 3 amide bonds. The number of carbonyl (C=O) groups excluding carboxylic acids is 2. The lowest BCUT2D eigenvalue weighted by Gasteiger charge is -2.26. The van der Waals surface area contributed by atoms with Gasteiger partial charge in [0.15, 0.2) is 0 Å². The first-order chi connectivity index (χ1) is 15.7. The Morgan fingerprint density at radius 2 is 1.75 bits per heavy atom. The van der Waals surface area contributed by atoms with Gasteiger partial charge in [-0.3, -0.25) is 14.7 Å². The molecule has 32 heavy (non-hydrogen) atoms. The molecule has 0 N–H and O–H groups in total. The second-order valence-electron chi connectivity index (χ2n) is 8.92. The molecule has 168 valence electrons. The lowest BCUT2D eigenvalue weighted by Crippen LogP contribution is -2.40. The van der Waals surface area contributed by atoms with E-state index < -0.39 is 6.23 Å². The molecule has 7 heteroatoms. The minimum absolute atomic E-state index is 0.112. The second-order valence-corrected chi connectivity index (χ2v) is 8.92. The highest BCUT2D eigenvalue weighted by Gasteiger charge is 2.41. The Hall–Kier alpha value is -2.77. The quantitative estimate of drug-likeness (QED) is 0.650. The van der Waals surface area contributed by atoms with Crippen LogP contribution in [0.1, 0.15) is 43.4 Å². The Morgan fingerprint density at radius 3 is 2.50 bits per heavy atom. The summed E-state index contributed by atoms with van der Waals surface area (Å²) in [5, 5.41) is 0. The van der Waals surface area contributed by atoms with Crippen LogP contribution in [-0.2, 0) is 22.6 Å². The van der Waals surface area contributed by atoms with Crippen LogP contribution >= 0.6 is 0 Å². The fourth-order valence-corrected chi connectivity index (χ4v) is 4.81. The van der Waals surface area contributed by atoms with E-state index in [0.717, 1.165) is 55.0 Å². The summed E-state index contributed by atoms with van der Waals surface area (Å²) in [7, 11) is 0. The van der Waals surface area contributed by atoms with Crippen LogP contribution in [0.4, 0.5) is 4.79 Å². The molecule has 1 aromatic heterocycles. The van der Waals surface area contributed by atoms with E-state index >= 15 is 0 Å². The normalized spacial score (nSPS) is 22.2. The number of nitrogens with zero attached hydrogens (tertiary/aromatic N) is 4. The van der Waals surface area contributed by atoms with Gasteiger partial charge in [-0.25, -0.2) is 9.69 Å². The van der Waals surface area contributed by atoms with Crippen molar-refractivity contribution in [2.75, 3.05) is 26.2 Å². The SMILES string of the molecule is O=C1CN(Cc2ccc(-c3cccc(CN4CCCCC4)n3)cc2)C(=O)N1C1CCCO1. The van der Waals surface area contributed by atoms with Crippen LogP contribution in [0.15, 0.2) is 42.5 Å². The van der Waals surface area contributed by atoms with Crippen molar-refractivity contribution < 1.29 is 14.3 Å². The van der Waals surface area contributed by atoms with E-state index in [1.807, 2.05) is 30.3 Å². The van der Waals surface area contributed by atoms with Gasteiger partial charge < -0.3 is 9.64 Å². The van der Waals surface area contributed by atoms with Gasteiger partial charge in [0.05, 0.1) is 11.4 Å². The minimum atomic E-state index is -0.398. The first kappa shape index (κ1) is 21.1. The third-order valence-corrected chi connectivity index (χ3v) is 6.53. The van der Waals surface area contributed by atoms with Crippen molar-refractivity contribution in [1.29, 1.82) is 0 Å². The Morgan fingerprint density at radius 1 is 0.938 bits per heavy atom. The zero-order valence-corrected chi connectivity index (χ0v) is 18.4. The molecule has 3 saturated heterocycles. The molecule has 0 bridgehead atoms. The lowest BCUT2D eigenvalue weighted by molar-refractivity contribution is -0.132. The summed E-state index contributed by atoms with van der Waals surface area (Å²) in [5.41, 5.74) is 4.11. The molecule has 4 heterocycles. The van der Waals surface area contributed by atoms with Crippen LogP contribution in [-0.4, -0.2) is 64.1 Å². The summed E-state index contributed by atoms with van der Waals surface area (Å²) in [6, 6.07) is 14.1. The predicted octanol–water partition coefficient (Wildman–Crippen LogP) is 3.64. The van der Waals surface area contributed by atoms with Gasteiger partial charge >= 0.3 is 6.03 Å². The monoisotopic (exact) mass is 434 g/mol. The van der Waals surface area contributed by atoms with Crippen LogP contribution in [0.5, 0.6) is 0 Å².